The summed E-state index contributed by atoms with van der Waals surface area (Å²) in [4.78, 5) is 0. The molecule has 0 spiro atoms. The van der Waals surface area contributed by atoms with Gasteiger partial charge in [0.15, 0.2) is 0 Å². The number of benzene rings is 1. The van der Waals surface area contributed by atoms with E-state index in [0.29, 0.717) is 11.6 Å². The Morgan fingerprint density at radius 1 is 1.15 bits per heavy atom. The summed E-state index contributed by atoms with van der Waals surface area (Å²) in [6.07, 6.45) is 2.49. The van der Waals surface area contributed by atoms with E-state index in [1.807, 2.05) is 38.1 Å². The van der Waals surface area contributed by atoms with E-state index >= 15 is 0 Å². The minimum atomic E-state index is 0.607. The van der Waals surface area contributed by atoms with E-state index in [1.165, 1.54) is 24.1 Å². The Balaban J connectivity index is 0.000000704. The molecule has 1 saturated carbocycles. The predicted octanol–water partition coefficient (Wildman–Crippen LogP) is 4.40. The van der Waals surface area contributed by atoms with Crippen molar-refractivity contribution in [3.8, 4) is 17.3 Å². The smallest absolute Gasteiger partial charge is 0.0991 e. The summed E-state index contributed by atoms with van der Waals surface area (Å²) in [6, 6.07) is 10.4. The van der Waals surface area contributed by atoms with Crippen LogP contribution in [0.5, 0.6) is 0 Å². The fraction of sp³-hybridized carbons (Fsp3) is 0.412. The fourth-order valence-electron chi connectivity index (χ4n) is 2.25. The first kappa shape index (κ1) is 14.3. The second-order valence-corrected chi connectivity index (χ2v) is 4.92. The number of nitrogens with zero attached hydrogens (tertiary/aromatic N) is 3. The van der Waals surface area contributed by atoms with Gasteiger partial charge in [-0.25, -0.2) is 0 Å². The highest BCUT2D eigenvalue weighted by Gasteiger charge is 2.27. The van der Waals surface area contributed by atoms with E-state index < -0.39 is 0 Å². The van der Waals surface area contributed by atoms with Crippen molar-refractivity contribution >= 4 is 0 Å². The zero-order valence-corrected chi connectivity index (χ0v) is 12.6. The summed E-state index contributed by atoms with van der Waals surface area (Å²) >= 11 is 0. The zero-order chi connectivity index (χ0) is 14.7. The molecule has 1 aromatic carbocycles. The van der Waals surface area contributed by atoms with E-state index in [9.17, 15) is 0 Å². The molecule has 0 aliphatic heterocycles. The van der Waals surface area contributed by atoms with Gasteiger partial charge < -0.3 is 0 Å². The van der Waals surface area contributed by atoms with Gasteiger partial charge in [0.25, 0.3) is 0 Å². The summed E-state index contributed by atoms with van der Waals surface area (Å²) in [5.41, 5.74) is 5.33. The first-order valence-corrected chi connectivity index (χ1v) is 7.27. The fourth-order valence-corrected chi connectivity index (χ4v) is 2.25. The first-order valence-electron chi connectivity index (χ1n) is 7.27. The lowest BCUT2D eigenvalue weighted by molar-refractivity contribution is 0.623. The van der Waals surface area contributed by atoms with Crippen LogP contribution in [0.15, 0.2) is 24.3 Å². The average Bonchev–Trinajstić information content (AvgIpc) is 3.30. The number of nitriles is 1. The number of hydrogen-bond acceptors (Lipinski definition) is 2. The Morgan fingerprint density at radius 2 is 1.75 bits per heavy atom. The molecule has 2 aromatic rings. The third-order valence-electron chi connectivity index (χ3n) is 3.63. The third kappa shape index (κ3) is 2.60. The topological polar surface area (TPSA) is 41.6 Å². The lowest BCUT2D eigenvalue weighted by Crippen LogP contribution is -1.98. The number of aromatic nitrogens is 2. The normalized spacial score (nSPS) is 13.3. The highest BCUT2D eigenvalue weighted by molar-refractivity contribution is 5.64. The van der Waals surface area contributed by atoms with Crippen LogP contribution in [-0.4, -0.2) is 9.78 Å². The molecule has 0 unspecified atom stereocenters. The molecule has 1 heterocycles. The number of rotatable bonds is 2. The molecule has 0 bridgehead atoms. The maximum Gasteiger partial charge on any atom is 0.0991 e. The van der Waals surface area contributed by atoms with E-state index in [2.05, 4.69) is 24.6 Å². The molecule has 1 aromatic heterocycles. The van der Waals surface area contributed by atoms with E-state index in [4.69, 9.17) is 10.4 Å². The van der Waals surface area contributed by atoms with Crippen molar-refractivity contribution in [1.82, 2.24) is 9.78 Å². The van der Waals surface area contributed by atoms with Crippen LogP contribution >= 0.6 is 0 Å². The van der Waals surface area contributed by atoms with Crippen molar-refractivity contribution in [2.75, 3.05) is 0 Å². The van der Waals surface area contributed by atoms with Crippen molar-refractivity contribution < 1.29 is 0 Å². The van der Waals surface area contributed by atoms with Crippen molar-refractivity contribution in [3.63, 3.8) is 0 Å². The second kappa shape index (κ2) is 5.92. The Labute approximate surface area is 120 Å². The molecular weight excluding hydrogens is 246 g/mol. The third-order valence-corrected chi connectivity index (χ3v) is 3.63. The molecule has 0 atom stereocenters. The molecule has 0 saturated heterocycles. The molecule has 1 fully saturated rings. The Morgan fingerprint density at radius 3 is 2.25 bits per heavy atom. The SMILES string of the molecule is CC.Cc1c(-c2ccc(C#N)cc2)nn(C2CC2)c1C. The monoisotopic (exact) mass is 267 g/mol. The van der Waals surface area contributed by atoms with Crippen molar-refractivity contribution in [1.29, 1.82) is 5.26 Å². The van der Waals surface area contributed by atoms with Gasteiger partial charge in [-0.1, -0.05) is 26.0 Å². The molecule has 3 rings (SSSR count). The Hall–Kier alpha value is -2.08. The lowest BCUT2D eigenvalue weighted by atomic mass is 10.1. The molecule has 0 N–H and O–H groups in total. The van der Waals surface area contributed by atoms with Crippen LogP contribution in [0, 0.1) is 25.2 Å². The van der Waals surface area contributed by atoms with Crippen molar-refractivity contribution in [3.05, 3.63) is 41.1 Å². The molecule has 1 aliphatic rings. The highest BCUT2D eigenvalue weighted by Crippen LogP contribution is 2.37. The van der Waals surface area contributed by atoms with Crippen LogP contribution in [0.25, 0.3) is 11.3 Å². The summed E-state index contributed by atoms with van der Waals surface area (Å²) in [7, 11) is 0. The Bertz CT molecular complexity index is 625. The van der Waals surface area contributed by atoms with Crippen LogP contribution in [0.1, 0.15) is 49.6 Å². The summed E-state index contributed by atoms with van der Waals surface area (Å²) in [5.74, 6) is 0. The molecule has 3 nitrogen and oxygen atoms in total. The zero-order valence-electron chi connectivity index (χ0n) is 12.6. The van der Waals surface area contributed by atoms with E-state index in [0.717, 1.165) is 11.3 Å². The Kier molecular flexibility index (Phi) is 4.24. The summed E-state index contributed by atoms with van der Waals surface area (Å²) in [5, 5.41) is 13.5. The molecular formula is C17H21N3. The molecule has 0 radical (unpaired) electrons. The molecule has 1 aliphatic carbocycles. The number of hydrogen-bond donors (Lipinski definition) is 0. The van der Waals surface area contributed by atoms with Crippen LogP contribution in [-0.2, 0) is 0 Å². The van der Waals surface area contributed by atoms with Gasteiger partial charge in [0.1, 0.15) is 0 Å². The average molecular weight is 267 g/mol. The highest BCUT2D eigenvalue weighted by atomic mass is 15.3. The molecule has 3 heteroatoms. The second-order valence-electron chi connectivity index (χ2n) is 4.92. The maximum absolute atomic E-state index is 8.81. The van der Waals surface area contributed by atoms with Crippen molar-refractivity contribution in [2.45, 2.75) is 46.6 Å². The minimum absolute atomic E-state index is 0.607. The van der Waals surface area contributed by atoms with Crippen LogP contribution in [0.2, 0.25) is 0 Å². The predicted molar refractivity (Wildman–Crippen MR) is 81.5 cm³/mol. The van der Waals surface area contributed by atoms with E-state index in [-0.39, 0.29) is 0 Å². The largest absolute Gasteiger partial charge is 0.266 e. The van der Waals surface area contributed by atoms with Gasteiger partial charge >= 0.3 is 0 Å². The van der Waals surface area contributed by atoms with Gasteiger partial charge in [-0.3, -0.25) is 4.68 Å². The standard InChI is InChI=1S/C15H15N3.C2H6/c1-10-11(2)18(14-7-8-14)17-15(10)13-5-3-12(9-16)4-6-13;1-2/h3-6,14H,7-8H2,1-2H3;1-2H3. The van der Waals surface area contributed by atoms with Crippen LogP contribution < -0.4 is 0 Å². The maximum atomic E-state index is 8.81. The molecule has 0 amide bonds. The van der Waals surface area contributed by atoms with Gasteiger partial charge in [0, 0.05) is 11.3 Å². The van der Waals surface area contributed by atoms with E-state index in [1.54, 1.807) is 0 Å². The quantitative estimate of drug-likeness (QED) is 0.809. The lowest BCUT2D eigenvalue weighted by Gasteiger charge is -1.99. The van der Waals surface area contributed by atoms with Gasteiger partial charge in [-0.05, 0) is 44.4 Å². The van der Waals surface area contributed by atoms with Crippen LogP contribution in [0.4, 0.5) is 0 Å². The van der Waals surface area contributed by atoms with Crippen LogP contribution in [0.3, 0.4) is 0 Å². The first-order chi connectivity index (χ1) is 9.70. The van der Waals surface area contributed by atoms with Crippen molar-refractivity contribution in [2.24, 2.45) is 0 Å². The van der Waals surface area contributed by atoms with Gasteiger partial charge in [-0.2, -0.15) is 10.4 Å². The van der Waals surface area contributed by atoms with Gasteiger partial charge in [0.2, 0.25) is 0 Å². The van der Waals surface area contributed by atoms with Gasteiger partial charge in [0.05, 0.1) is 23.4 Å². The molecule has 20 heavy (non-hydrogen) atoms. The van der Waals surface area contributed by atoms with Gasteiger partial charge in [-0.15, -0.1) is 0 Å². The minimum Gasteiger partial charge on any atom is -0.266 e. The molecule has 104 valence electrons. The summed E-state index contributed by atoms with van der Waals surface area (Å²) in [6.45, 7) is 8.25. The summed E-state index contributed by atoms with van der Waals surface area (Å²) < 4.78 is 2.16.